The van der Waals surface area contributed by atoms with Crippen molar-refractivity contribution in [3.05, 3.63) is 21.4 Å². The number of carbonyl (C=O) groups is 1. The van der Waals surface area contributed by atoms with Gasteiger partial charge in [-0.05, 0) is 26.3 Å². The highest BCUT2D eigenvalue weighted by molar-refractivity contribution is 7.12. The second kappa shape index (κ2) is 6.57. The van der Waals surface area contributed by atoms with Crippen molar-refractivity contribution in [3.8, 4) is 0 Å². The minimum atomic E-state index is 0.277. The third kappa shape index (κ3) is 3.54. The number of aryl methyl sites for hydroxylation is 2. The molecule has 0 N–H and O–H groups in total. The molecular weight excluding hydrogens is 284 g/mol. The van der Waals surface area contributed by atoms with Gasteiger partial charge in [0, 0.05) is 47.5 Å². The lowest BCUT2D eigenvalue weighted by Gasteiger charge is -2.32. The van der Waals surface area contributed by atoms with Crippen molar-refractivity contribution in [1.82, 2.24) is 9.80 Å². The molecule has 3 heterocycles. The lowest BCUT2D eigenvalue weighted by Crippen LogP contribution is -2.45. The number of morpholine rings is 1. The summed E-state index contributed by atoms with van der Waals surface area (Å²) in [5.74, 6) is 0.277. The van der Waals surface area contributed by atoms with Gasteiger partial charge in [0.1, 0.15) is 0 Å². The van der Waals surface area contributed by atoms with Crippen molar-refractivity contribution in [2.45, 2.75) is 26.3 Å². The largest absolute Gasteiger partial charge is 0.379 e. The molecule has 1 atom stereocenters. The first-order chi connectivity index (χ1) is 10.1. The van der Waals surface area contributed by atoms with Crippen LogP contribution >= 0.6 is 11.3 Å². The maximum Gasteiger partial charge on any atom is 0.177 e. The van der Waals surface area contributed by atoms with Gasteiger partial charge in [-0.3, -0.25) is 14.6 Å². The number of Topliss-reactive ketones (excluding diaryl/α,β-unsaturated/α-hetero) is 1. The third-order valence-corrected chi connectivity index (χ3v) is 5.48. The molecule has 2 fully saturated rings. The summed E-state index contributed by atoms with van der Waals surface area (Å²) >= 11 is 1.72. The number of thiophene rings is 1. The Balaban J connectivity index is 1.54. The molecule has 1 aromatic rings. The number of hydrogen-bond donors (Lipinski definition) is 0. The SMILES string of the molecule is Cc1cc(C(=O)CN2CCC(N3CCOCC3)C2)c(C)s1. The first kappa shape index (κ1) is 15.2. The van der Waals surface area contributed by atoms with E-state index in [4.69, 9.17) is 4.74 Å². The van der Waals surface area contributed by atoms with Crippen LogP contribution in [-0.2, 0) is 4.74 Å². The van der Waals surface area contributed by atoms with Crippen molar-refractivity contribution in [2.75, 3.05) is 45.9 Å². The molecule has 0 aliphatic carbocycles. The van der Waals surface area contributed by atoms with Gasteiger partial charge in [-0.15, -0.1) is 11.3 Å². The normalized spacial score (nSPS) is 24.6. The number of carbonyl (C=O) groups excluding carboxylic acids is 1. The van der Waals surface area contributed by atoms with Crippen LogP contribution in [0.4, 0.5) is 0 Å². The predicted octanol–water partition coefficient (Wildman–Crippen LogP) is 1.95. The molecule has 0 bridgehead atoms. The van der Waals surface area contributed by atoms with E-state index in [1.807, 2.05) is 13.0 Å². The Bertz CT molecular complexity index is 508. The van der Waals surface area contributed by atoms with Gasteiger partial charge in [0.05, 0.1) is 19.8 Å². The van der Waals surface area contributed by atoms with E-state index in [2.05, 4.69) is 16.7 Å². The standard InChI is InChI=1S/C16H24N2O2S/c1-12-9-15(13(2)21-12)16(19)11-17-4-3-14(10-17)18-5-7-20-8-6-18/h9,14H,3-8,10-11H2,1-2H3. The molecule has 0 radical (unpaired) electrons. The van der Waals surface area contributed by atoms with Crippen LogP contribution in [0.3, 0.4) is 0 Å². The summed E-state index contributed by atoms with van der Waals surface area (Å²) in [6, 6.07) is 2.64. The van der Waals surface area contributed by atoms with E-state index in [-0.39, 0.29) is 5.78 Å². The van der Waals surface area contributed by atoms with Crippen molar-refractivity contribution in [2.24, 2.45) is 0 Å². The smallest absolute Gasteiger partial charge is 0.177 e. The van der Waals surface area contributed by atoms with Crippen LogP contribution in [0.25, 0.3) is 0 Å². The average Bonchev–Trinajstić information content (AvgIpc) is 3.06. The molecule has 1 unspecified atom stereocenters. The van der Waals surface area contributed by atoms with Crippen LogP contribution in [0, 0.1) is 13.8 Å². The lowest BCUT2D eigenvalue weighted by molar-refractivity contribution is 0.0185. The van der Waals surface area contributed by atoms with Crippen molar-refractivity contribution < 1.29 is 9.53 Å². The summed E-state index contributed by atoms with van der Waals surface area (Å²) in [6.07, 6.45) is 1.18. The van der Waals surface area contributed by atoms with Crippen LogP contribution in [0.5, 0.6) is 0 Å². The van der Waals surface area contributed by atoms with E-state index in [0.717, 1.165) is 49.8 Å². The summed E-state index contributed by atoms with van der Waals surface area (Å²) in [5, 5.41) is 0. The fourth-order valence-electron chi connectivity index (χ4n) is 3.39. The van der Waals surface area contributed by atoms with Crippen molar-refractivity contribution in [1.29, 1.82) is 0 Å². The molecule has 116 valence electrons. The molecule has 2 aliphatic rings. The Morgan fingerprint density at radius 3 is 2.76 bits per heavy atom. The van der Waals surface area contributed by atoms with Gasteiger partial charge < -0.3 is 4.74 Å². The topological polar surface area (TPSA) is 32.8 Å². The second-order valence-electron chi connectivity index (χ2n) is 6.08. The zero-order chi connectivity index (χ0) is 14.8. The summed E-state index contributed by atoms with van der Waals surface area (Å²) < 4.78 is 5.42. The van der Waals surface area contributed by atoms with Gasteiger partial charge in [-0.1, -0.05) is 0 Å². The van der Waals surface area contributed by atoms with Crippen molar-refractivity contribution >= 4 is 17.1 Å². The van der Waals surface area contributed by atoms with Crippen LogP contribution in [0.2, 0.25) is 0 Å². The molecule has 0 spiro atoms. The molecular formula is C16H24N2O2S. The highest BCUT2D eigenvalue weighted by Gasteiger charge is 2.29. The summed E-state index contributed by atoms with van der Waals surface area (Å²) in [7, 11) is 0. The molecule has 2 aliphatic heterocycles. The minimum absolute atomic E-state index is 0.277. The molecule has 3 rings (SSSR count). The van der Waals surface area contributed by atoms with Gasteiger partial charge in [-0.2, -0.15) is 0 Å². The first-order valence-corrected chi connectivity index (χ1v) is 8.59. The summed E-state index contributed by atoms with van der Waals surface area (Å²) in [5.41, 5.74) is 0.923. The van der Waals surface area contributed by atoms with Gasteiger partial charge in [-0.25, -0.2) is 0 Å². The Morgan fingerprint density at radius 2 is 2.10 bits per heavy atom. The molecule has 1 aromatic heterocycles. The summed E-state index contributed by atoms with van der Waals surface area (Å²) in [6.45, 7) is 10.5. The zero-order valence-corrected chi connectivity index (χ0v) is 13.7. The Hall–Kier alpha value is -0.750. The van der Waals surface area contributed by atoms with Gasteiger partial charge in [0.2, 0.25) is 0 Å². The van der Waals surface area contributed by atoms with E-state index >= 15 is 0 Å². The highest BCUT2D eigenvalue weighted by atomic mass is 32.1. The number of nitrogens with zero attached hydrogens (tertiary/aromatic N) is 2. The molecule has 0 saturated carbocycles. The molecule has 5 heteroatoms. The van der Waals surface area contributed by atoms with Crippen molar-refractivity contribution in [3.63, 3.8) is 0 Å². The molecule has 0 amide bonds. The van der Waals surface area contributed by atoms with Gasteiger partial charge in [0.25, 0.3) is 0 Å². The lowest BCUT2D eigenvalue weighted by atomic mass is 10.1. The van der Waals surface area contributed by atoms with E-state index < -0.39 is 0 Å². The van der Waals surface area contributed by atoms with Gasteiger partial charge in [0.15, 0.2) is 5.78 Å². The van der Waals surface area contributed by atoms with E-state index in [0.29, 0.717) is 12.6 Å². The minimum Gasteiger partial charge on any atom is -0.379 e. The van der Waals surface area contributed by atoms with E-state index in [1.54, 1.807) is 11.3 Å². The van der Waals surface area contributed by atoms with Gasteiger partial charge >= 0.3 is 0 Å². The second-order valence-corrected chi connectivity index (χ2v) is 7.54. The number of ether oxygens (including phenoxy) is 1. The number of hydrogen-bond acceptors (Lipinski definition) is 5. The Morgan fingerprint density at radius 1 is 1.33 bits per heavy atom. The monoisotopic (exact) mass is 308 g/mol. The van der Waals surface area contributed by atoms with Crippen LogP contribution < -0.4 is 0 Å². The maximum absolute atomic E-state index is 12.4. The third-order valence-electron chi connectivity index (χ3n) is 4.52. The number of likely N-dealkylation sites (tertiary alicyclic amines) is 1. The fourth-order valence-corrected chi connectivity index (χ4v) is 4.33. The quantitative estimate of drug-likeness (QED) is 0.796. The molecule has 21 heavy (non-hydrogen) atoms. The van der Waals surface area contributed by atoms with E-state index in [1.165, 1.54) is 11.3 Å². The molecule has 0 aromatic carbocycles. The van der Waals surface area contributed by atoms with Crippen LogP contribution in [0.1, 0.15) is 26.5 Å². The number of ketones is 1. The Kier molecular flexibility index (Phi) is 4.74. The van der Waals surface area contributed by atoms with Crippen LogP contribution in [-0.4, -0.2) is 67.6 Å². The maximum atomic E-state index is 12.4. The molecule has 4 nitrogen and oxygen atoms in total. The first-order valence-electron chi connectivity index (χ1n) is 7.78. The summed E-state index contributed by atoms with van der Waals surface area (Å²) in [4.78, 5) is 19.7. The number of rotatable bonds is 4. The van der Waals surface area contributed by atoms with Crippen LogP contribution in [0.15, 0.2) is 6.07 Å². The van der Waals surface area contributed by atoms with E-state index in [9.17, 15) is 4.79 Å². The molecule has 2 saturated heterocycles. The average molecular weight is 308 g/mol. The fraction of sp³-hybridized carbons (Fsp3) is 0.688. The zero-order valence-electron chi connectivity index (χ0n) is 12.9. The highest BCUT2D eigenvalue weighted by Crippen LogP contribution is 2.22. The Labute approximate surface area is 130 Å². The predicted molar refractivity (Wildman–Crippen MR) is 85.4 cm³/mol.